The van der Waals surface area contributed by atoms with Crippen molar-refractivity contribution in [2.75, 3.05) is 43.4 Å². The third-order valence-corrected chi connectivity index (χ3v) is 5.06. The predicted octanol–water partition coefficient (Wildman–Crippen LogP) is 1.24. The molecule has 1 aromatic carbocycles. The van der Waals surface area contributed by atoms with Gasteiger partial charge in [0, 0.05) is 45.0 Å². The smallest absolute Gasteiger partial charge is 0.270 e. The Morgan fingerprint density at radius 1 is 1.04 bits per heavy atom. The SMILES string of the molecule is Nc1nc(Cl)c2ncc(=O)n(CCN3CCN(c4ccccc4)CC3)c2n1. The highest BCUT2D eigenvalue weighted by atomic mass is 35.5. The zero-order valence-electron chi connectivity index (χ0n) is 14.8. The lowest BCUT2D eigenvalue weighted by molar-refractivity contribution is 0.248. The second-order valence-corrected chi connectivity index (χ2v) is 6.82. The molecule has 2 N–H and O–H groups in total. The Balaban J connectivity index is 1.46. The topological polar surface area (TPSA) is 93.2 Å². The minimum absolute atomic E-state index is 0.0325. The average molecular weight is 386 g/mol. The molecule has 0 aliphatic carbocycles. The summed E-state index contributed by atoms with van der Waals surface area (Å²) in [6, 6.07) is 10.4. The van der Waals surface area contributed by atoms with E-state index in [1.807, 2.05) is 6.07 Å². The Bertz CT molecular complexity index is 1000. The molecule has 2 aromatic heterocycles. The van der Waals surface area contributed by atoms with Crippen molar-refractivity contribution in [2.24, 2.45) is 0 Å². The first kappa shape index (κ1) is 17.7. The Morgan fingerprint density at radius 2 is 1.78 bits per heavy atom. The van der Waals surface area contributed by atoms with Crippen molar-refractivity contribution in [1.29, 1.82) is 0 Å². The van der Waals surface area contributed by atoms with E-state index in [-0.39, 0.29) is 16.7 Å². The maximum atomic E-state index is 12.3. The van der Waals surface area contributed by atoms with Crippen LogP contribution >= 0.6 is 11.6 Å². The number of aromatic nitrogens is 4. The fourth-order valence-corrected chi connectivity index (χ4v) is 3.57. The van der Waals surface area contributed by atoms with Gasteiger partial charge in [0.05, 0.1) is 6.20 Å². The quantitative estimate of drug-likeness (QED) is 0.675. The molecule has 0 saturated carbocycles. The lowest BCUT2D eigenvalue weighted by Gasteiger charge is -2.36. The highest BCUT2D eigenvalue weighted by Crippen LogP contribution is 2.18. The minimum atomic E-state index is -0.223. The van der Waals surface area contributed by atoms with E-state index in [4.69, 9.17) is 17.3 Å². The molecule has 0 unspecified atom stereocenters. The largest absolute Gasteiger partial charge is 0.369 e. The van der Waals surface area contributed by atoms with Gasteiger partial charge in [0.25, 0.3) is 5.56 Å². The van der Waals surface area contributed by atoms with Gasteiger partial charge in [-0.05, 0) is 12.1 Å². The second kappa shape index (κ2) is 7.50. The number of benzene rings is 1. The van der Waals surface area contributed by atoms with E-state index in [0.717, 1.165) is 32.7 Å². The number of rotatable bonds is 4. The molecule has 8 nitrogen and oxygen atoms in total. The first-order valence-corrected chi connectivity index (χ1v) is 9.20. The van der Waals surface area contributed by atoms with E-state index in [1.54, 1.807) is 4.57 Å². The highest BCUT2D eigenvalue weighted by Gasteiger charge is 2.18. The van der Waals surface area contributed by atoms with E-state index < -0.39 is 0 Å². The summed E-state index contributed by atoms with van der Waals surface area (Å²) in [4.78, 5) is 29.1. The molecule has 3 heterocycles. The van der Waals surface area contributed by atoms with Gasteiger partial charge in [-0.1, -0.05) is 29.8 Å². The normalized spacial score (nSPS) is 15.4. The lowest BCUT2D eigenvalue weighted by atomic mass is 10.2. The van der Waals surface area contributed by atoms with E-state index >= 15 is 0 Å². The third kappa shape index (κ3) is 3.72. The third-order valence-electron chi connectivity index (χ3n) is 4.80. The van der Waals surface area contributed by atoms with Crippen molar-refractivity contribution in [3.05, 3.63) is 52.0 Å². The van der Waals surface area contributed by atoms with E-state index in [9.17, 15) is 4.79 Å². The number of piperazine rings is 1. The van der Waals surface area contributed by atoms with Crippen molar-refractivity contribution >= 4 is 34.4 Å². The summed E-state index contributed by atoms with van der Waals surface area (Å²) < 4.78 is 1.57. The molecule has 1 fully saturated rings. The van der Waals surface area contributed by atoms with E-state index in [2.05, 4.69) is 49.0 Å². The van der Waals surface area contributed by atoms with Crippen LogP contribution in [0.25, 0.3) is 11.2 Å². The Morgan fingerprint density at radius 3 is 2.52 bits per heavy atom. The summed E-state index contributed by atoms with van der Waals surface area (Å²) in [5, 5.41) is 0.155. The van der Waals surface area contributed by atoms with Gasteiger partial charge in [-0.25, -0.2) is 4.98 Å². The van der Waals surface area contributed by atoms with Crippen molar-refractivity contribution in [1.82, 2.24) is 24.4 Å². The number of nitrogens with two attached hydrogens (primary N) is 1. The molecule has 1 aliphatic rings. The summed E-state index contributed by atoms with van der Waals surface area (Å²) in [5.74, 6) is 0.0325. The number of nitrogen functional groups attached to an aromatic ring is 1. The zero-order valence-corrected chi connectivity index (χ0v) is 15.5. The molecule has 140 valence electrons. The molecular formula is C18H20ClN7O. The van der Waals surface area contributed by atoms with Crippen molar-refractivity contribution < 1.29 is 0 Å². The molecule has 0 spiro atoms. The molecule has 0 bridgehead atoms. The van der Waals surface area contributed by atoms with Crippen LogP contribution in [-0.4, -0.2) is 57.1 Å². The van der Waals surface area contributed by atoms with Crippen LogP contribution in [0.15, 0.2) is 41.3 Å². The monoisotopic (exact) mass is 385 g/mol. The van der Waals surface area contributed by atoms with Crippen LogP contribution in [0.5, 0.6) is 0 Å². The highest BCUT2D eigenvalue weighted by molar-refractivity contribution is 6.33. The lowest BCUT2D eigenvalue weighted by Crippen LogP contribution is -2.47. The molecule has 0 amide bonds. The van der Waals surface area contributed by atoms with Crippen molar-refractivity contribution in [3.8, 4) is 0 Å². The van der Waals surface area contributed by atoms with Crippen LogP contribution in [0.2, 0.25) is 5.15 Å². The van der Waals surface area contributed by atoms with Crippen LogP contribution in [0, 0.1) is 0 Å². The average Bonchev–Trinajstić information content (AvgIpc) is 2.68. The summed E-state index contributed by atoms with van der Waals surface area (Å²) >= 11 is 6.08. The Labute approximate surface area is 161 Å². The first-order valence-electron chi connectivity index (χ1n) is 8.83. The standard InChI is InChI=1S/C18H20ClN7O/c19-16-15-17(23-18(20)22-16)26(14(27)12-21-15)11-8-24-6-9-25(10-7-24)13-4-2-1-3-5-13/h1-5,12H,6-11H2,(H2,20,22,23). The molecule has 4 rings (SSSR count). The molecule has 27 heavy (non-hydrogen) atoms. The summed E-state index contributed by atoms with van der Waals surface area (Å²) in [6.45, 7) is 5.02. The summed E-state index contributed by atoms with van der Waals surface area (Å²) in [5.41, 5.74) is 7.48. The van der Waals surface area contributed by atoms with Gasteiger partial charge in [-0.2, -0.15) is 9.97 Å². The number of hydrogen-bond acceptors (Lipinski definition) is 7. The van der Waals surface area contributed by atoms with Crippen LogP contribution in [0.3, 0.4) is 0 Å². The predicted molar refractivity (Wildman–Crippen MR) is 106 cm³/mol. The second-order valence-electron chi connectivity index (χ2n) is 6.46. The number of fused-ring (bicyclic) bond motifs is 1. The van der Waals surface area contributed by atoms with Gasteiger partial charge in [-0.3, -0.25) is 14.3 Å². The van der Waals surface area contributed by atoms with Crippen LogP contribution in [-0.2, 0) is 6.54 Å². The van der Waals surface area contributed by atoms with Crippen molar-refractivity contribution in [3.63, 3.8) is 0 Å². The molecule has 9 heteroatoms. The van der Waals surface area contributed by atoms with Crippen molar-refractivity contribution in [2.45, 2.75) is 6.54 Å². The van der Waals surface area contributed by atoms with Crippen LogP contribution in [0.4, 0.5) is 11.6 Å². The van der Waals surface area contributed by atoms with E-state index in [0.29, 0.717) is 17.7 Å². The number of halogens is 1. The van der Waals surface area contributed by atoms with Gasteiger partial charge in [0.1, 0.15) is 5.52 Å². The van der Waals surface area contributed by atoms with E-state index in [1.165, 1.54) is 11.9 Å². The summed E-state index contributed by atoms with van der Waals surface area (Å²) in [6.07, 6.45) is 1.25. The number of para-hydroxylation sites is 1. The van der Waals surface area contributed by atoms with Crippen LogP contribution < -0.4 is 16.2 Å². The Kier molecular flexibility index (Phi) is 4.91. The van der Waals surface area contributed by atoms with Gasteiger partial charge >= 0.3 is 0 Å². The Hall–Kier alpha value is -2.71. The maximum absolute atomic E-state index is 12.3. The van der Waals surface area contributed by atoms with Gasteiger partial charge in [0.15, 0.2) is 10.8 Å². The van der Waals surface area contributed by atoms with Gasteiger partial charge in [-0.15, -0.1) is 0 Å². The zero-order chi connectivity index (χ0) is 18.8. The fraction of sp³-hybridized carbons (Fsp3) is 0.333. The summed E-state index contributed by atoms with van der Waals surface area (Å²) in [7, 11) is 0. The molecule has 1 aliphatic heterocycles. The minimum Gasteiger partial charge on any atom is -0.369 e. The molecule has 0 atom stereocenters. The van der Waals surface area contributed by atoms with Gasteiger partial charge < -0.3 is 10.6 Å². The molecule has 0 radical (unpaired) electrons. The molecule has 3 aromatic rings. The molecular weight excluding hydrogens is 366 g/mol. The molecule has 1 saturated heterocycles. The van der Waals surface area contributed by atoms with Crippen LogP contribution in [0.1, 0.15) is 0 Å². The first-order chi connectivity index (χ1) is 13.1. The number of nitrogens with zero attached hydrogens (tertiary/aromatic N) is 6. The number of hydrogen-bond donors (Lipinski definition) is 1. The van der Waals surface area contributed by atoms with Gasteiger partial charge in [0.2, 0.25) is 5.95 Å². The maximum Gasteiger partial charge on any atom is 0.270 e. The number of anilines is 2. The fourth-order valence-electron chi connectivity index (χ4n) is 3.35.